The summed E-state index contributed by atoms with van der Waals surface area (Å²) in [4.78, 5) is 1.25. The van der Waals surface area contributed by atoms with Crippen LogP contribution in [0.4, 0.5) is 8.78 Å². The number of hydrogen-bond acceptors (Lipinski definition) is 2. The standard InChI is InChI=1S/C11H12F2OS/c12-11(13)6-14-5-8-7-15-10-4-2-1-3-9(8)10/h1-4,8,11H,5-7H2. The van der Waals surface area contributed by atoms with E-state index in [1.54, 1.807) is 11.8 Å². The largest absolute Gasteiger partial charge is 0.375 e. The molecular formula is C11H12F2OS. The first-order valence-electron chi connectivity index (χ1n) is 4.85. The monoisotopic (exact) mass is 230 g/mol. The summed E-state index contributed by atoms with van der Waals surface area (Å²) >= 11 is 1.77. The molecule has 15 heavy (non-hydrogen) atoms. The molecule has 0 aromatic heterocycles. The number of halogens is 2. The van der Waals surface area contributed by atoms with Crippen molar-refractivity contribution in [3.63, 3.8) is 0 Å². The summed E-state index contributed by atoms with van der Waals surface area (Å²) < 4.78 is 28.7. The fraction of sp³-hybridized carbons (Fsp3) is 0.455. The quantitative estimate of drug-likeness (QED) is 0.785. The predicted molar refractivity (Wildman–Crippen MR) is 56.7 cm³/mol. The second-order valence-corrected chi connectivity index (χ2v) is 4.54. The molecule has 2 rings (SSSR count). The van der Waals surface area contributed by atoms with Gasteiger partial charge in [0.05, 0.1) is 6.61 Å². The summed E-state index contributed by atoms with van der Waals surface area (Å²) in [6, 6.07) is 8.08. The van der Waals surface area contributed by atoms with Crippen LogP contribution in [0.3, 0.4) is 0 Å². The van der Waals surface area contributed by atoms with Crippen molar-refractivity contribution in [1.82, 2.24) is 0 Å². The van der Waals surface area contributed by atoms with E-state index in [-0.39, 0.29) is 5.92 Å². The fourth-order valence-corrected chi connectivity index (χ4v) is 2.90. The summed E-state index contributed by atoms with van der Waals surface area (Å²) in [5, 5.41) is 0. The van der Waals surface area contributed by atoms with E-state index in [1.807, 2.05) is 18.2 Å². The molecular weight excluding hydrogens is 218 g/mol. The van der Waals surface area contributed by atoms with E-state index < -0.39 is 13.0 Å². The van der Waals surface area contributed by atoms with Gasteiger partial charge in [0.25, 0.3) is 6.43 Å². The average Bonchev–Trinajstić information content (AvgIpc) is 2.62. The van der Waals surface area contributed by atoms with Gasteiger partial charge in [-0.25, -0.2) is 8.78 Å². The fourth-order valence-electron chi connectivity index (χ4n) is 1.67. The number of ether oxygens (including phenoxy) is 1. The molecule has 0 fully saturated rings. The van der Waals surface area contributed by atoms with E-state index in [2.05, 4.69) is 6.07 Å². The highest BCUT2D eigenvalue weighted by molar-refractivity contribution is 7.99. The van der Waals surface area contributed by atoms with Crippen LogP contribution in [0.1, 0.15) is 11.5 Å². The molecule has 0 amide bonds. The molecule has 1 aromatic carbocycles. The molecule has 0 bridgehead atoms. The van der Waals surface area contributed by atoms with Crippen molar-refractivity contribution in [1.29, 1.82) is 0 Å². The first kappa shape index (κ1) is 10.9. The van der Waals surface area contributed by atoms with Gasteiger partial charge in [0.15, 0.2) is 0 Å². The third-order valence-electron chi connectivity index (χ3n) is 2.36. The zero-order chi connectivity index (χ0) is 10.7. The van der Waals surface area contributed by atoms with Crippen LogP contribution in [0.5, 0.6) is 0 Å². The van der Waals surface area contributed by atoms with Gasteiger partial charge in [-0.05, 0) is 11.6 Å². The van der Waals surface area contributed by atoms with Crippen molar-refractivity contribution in [2.45, 2.75) is 17.2 Å². The van der Waals surface area contributed by atoms with E-state index in [4.69, 9.17) is 4.74 Å². The van der Waals surface area contributed by atoms with Crippen LogP contribution in [-0.4, -0.2) is 25.4 Å². The highest BCUT2D eigenvalue weighted by atomic mass is 32.2. The van der Waals surface area contributed by atoms with Crippen molar-refractivity contribution in [3.8, 4) is 0 Å². The average molecular weight is 230 g/mol. The van der Waals surface area contributed by atoms with Crippen molar-refractivity contribution in [3.05, 3.63) is 29.8 Å². The van der Waals surface area contributed by atoms with E-state index in [0.717, 1.165) is 5.75 Å². The zero-order valence-corrected chi connectivity index (χ0v) is 8.97. The van der Waals surface area contributed by atoms with Crippen LogP contribution in [0.25, 0.3) is 0 Å². The maximum atomic E-state index is 11.9. The molecule has 0 aliphatic carbocycles. The van der Waals surface area contributed by atoms with Gasteiger partial charge in [0, 0.05) is 16.6 Å². The smallest absolute Gasteiger partial charge is 0.261 e. The summed E-state index contributed by atoms with van der Waals surface area (Å²) in [6.07, 6.45) is -2.37. The Morgan fingerprint density at radius 1 is 1.40 bits per heavy atom. The molecule has 82 valence electrons. The molecule has 1 aliphatic heterocycles. The second-order valence-electron chi connectivity index (χ2n) is 3.47. The summed E-state index contributed by atoms with van der Waals surface area (Å²) in [6.45, 7) is -0.0579. The lowest BCUT2D eigenvalue weighted by Crippen LogP contribution is -2.11. The first-order valence-corrected chi connectivity index (χ1v) is 5.83. The molecule has 0 spiro atoms. The minimum absolute atomic E-state index is 0.268. The second kappa shape index (κ2) is 4.94. The minimum Gasteiger partial charge on any atom is -0.375 e. The lowest BCUT2D eigenvalue weighted by molar-refractivity contribution is 0.0139. The van der Waals surface area contributed by atoms with Gasteiger partial charge >= 0.3 is 0 Å². The molecule has 1 heterocycles. The normalized spacial score (nSPS) is 19.5. The lowest BCUT2D eigenvalue weighted by Gasteiger charge is -2.10. The van der Waals surface area contributed by atoms with Crippen molar-refractivity contribution in [2.75, 3.05) is 19.0 Å². The zero-order valence-electron chi connectivity index (χ0n) is 8.16. The molecule has 0 radical (unpaired) electrons. The third kappa shape index (κ3) is 2.69. The maximum absolute atomic E-state index is 11.9. The van der Waals surface area contributed by atoms with Gasteiger partial charge in [-0.2, -0.15) is 0 Å². The van der Waals surface area contributed by atoms with Crippen LogP contribution < -0.4 is 0 Å². The number of benzene rings is 1. The van der Waals surface area contributed by atoms with Crippen molar-refractivity contribution >= 4 is 11.8 Å². The van der Waals surface area contributed by atoms with Crippen molar-refractivity contribution < 1.29 is 13.5 Å². The molecule has 0 N–H and O–H groups in total. The highest BCUT2D eigenvalue weighted by Gasteiger charge is 2.22. The number of alkyl halides is 2. The van der Waals surface area contributed by atoms with Gasteiger partial charge in [0.1, 0.15) is 6.61 Å². The van der Waals surface area contributed by atoms with E-state index in [9.17, 15) is 8.78 Å². The molecule has 1 nitrogen and oxygen atoms in total. The van der Waals surface area contributed by atoms with E-state index in [0.29, 0.717) is 6.61 Å². The molecule has 1 aliphatic rings. The minimum atomic E-state index is -2.37. The van der Waals surface area contributed by atoms with Crippen LogP contribution in [0, 0.1) is 0 Å². The van der Waals surface area contributed by atoms with E-state index >= 15 is 0 Å². The highest BCUT2D eigenvalue weighted by Crippen LogP contribution is 2.39. The molecule has 4 heteroatoms. The van der Waals surface area contributed by atoms with Crippen LogP contribution >= 0.6 is 11.8 Å². The number of thioether (sulfide) groups is 1. The van der Waals surface area contributed by atoms with E-state index in [1.165, 1.54) is 10.5 Å². The van der Waals surface area contributed by atoms with Gasteiger partial charge in [0.2, 0.25) is 0 Å². The van der Waals surface area contributed by atoms with Gasteiger partial charge < -0.3 is 4.74 Å². The topological polar surface area (TPSA) is 9.23 Å². The van der Waals surface area contributed by atoms with Crippen LogP contribution in [0.15, 0.2) is 29.2 Å². The van der Waals surface area contributed by atoms with Crippen LogP contribution in [0.2, 0.25) is 0 Å². The Bertz CT molecular complexity index is 330. The Balaban J connectivity index is 1.90. The Hall–Kier alpha value is -0.610. The Kier molecular flexibility index (Phi) is 3.59. The molecule has 1 aromatic rings. The number of rotatable bonds is 4. The molecule has 0 saturated heterocycles. The molecule has 1 atom stereocenters. The Morgan fingerprint density at radius 2 is 2.20 bits per heavy atom. The maximum Gasteiger partial charge on any atom is 0.261 e. The summed E-state index contributed by atoms with van der Waals surface area (Å²) in [7, 11) is 0. The van der Waals surface area contributed by atoms with Crippen molar-refractivity contribution in [2.24, 2.45) is 0 Å². The number of hydrogen-bond donors (Lipinski definition) is 0. The molecule has 1 unspecified atom stereocenters. The Labute approximate surface area is 91.8 Å². The SMILES string of the molecule is FC(F)COCC1CSc2ccccc21. The predicted octanol–water partition coefficient (Wildman–Crippen LogP) is 3.16. The number of fused-ring (bicyclic) bond motifs is 1. The van der Waals surface area contributed by atoms with Gasteiger partial charge in [-0.1, -0.05) is 18.2 Å². The third-order valence-corrected chi connectivity index (χ3v) is 3.61. The van der Waals surface area contributed by atoms with Gasteiger partial charge in [-0.15, -0.1) is 11.8 Å². The summed E-state index contributed by atoms with van der Waals surface area (Å²) in [5.41, 5.74) is 1.23. The van der Waals surface area contributed by atoms with Crippen LogP contribution in [-0.2, 0) is 4.74 Å². The molecule has 0 saturated carbocycles. The summed E-state index contributed by atoms with van der Waals surface area (Å²) in [5.74, 6) is 1.20. The lowest BCUT2D eigenvalue weighted by atomic mass is 10.0. The Morgan fingerprint density at radius 3 is 3.00 bits per heavy atom. The van der Waals surface area contributed by atoms with Gasteiger partial charge in [-0.3, -0.25) is 0 Å². The first-order chi connectivity index (χ1) is 7.27.